The lowest BCUT2D eigenvalue weighted by atomic mass is 9.63. The Hall–Kier alpha value is -2.63. The van der Waals surface area contributed by atoms with E-state index >= 15 is 0 Å². The molecular weight excluding hydrogens is 447 g/mol. The van der Waals surface area contributed by atoms with Gasteiger partial charge >= 0.3 is 0 Å². The normalized spacial score (nSPS) is 26.9. The fraction of sp³-hybridized carbons (Fsp3) is 0.320. The van der Waals surface area contributed by atoms with Crippen LogP contribution in [0.4, 0.5) is 5.69 Å². The SMILES string of the molecule is O=C(Nc1ccc(Cl)cc1Cl)[C@@H](Cc1ccccc1)N1C(=O)[C@@H]2[C@H](C1=O)[C@H]1C=C[C@H]2CC1. The molecule has 1 N–H and O–H groups in total. The van der Waals surface area contributed by atoms with Crippen LogP contribution in [-0.4, -0.2) is 28.7 Å². The smallest absolute Gasteiger partial charge is 0.248 e. The van der Waals surface area contributed by atoms with Crippen molar-refractivity contribution in [2.75, 3.05) is 5.32 Å². The summed E-state index contributed by atoms with van der Waals surface area (Å²) in [5.41, 5.74) is 1.25. The quantitative estimate of drug-likeness (QED) is 0.508. The lowest BCUT2D eigenvalue weighted by molar-refractivity contribution is -0.146. The number of carbonyl (C=O) groups is 3. The number of rotatable bonds is 5. The second kappa shape index (κ2) is 8.38. The van der Waals surface area contributed by atoms with Crippen molar-refractivity contribution in [3.63, 3.8) is 0 Å². The van der Waals surface area contributed by atoms with E-state index in [4.69, 9.17) is 23.2 Å². The summed E-state index contributed by atoms with van der Waals surface area (Å²) in [4.78, 5) is 41.6. The van der Waals surface area contributed by atoms with E-state index < -0.39 is 11.9 Å². The number of benzene rings is 2. The first-order valence-electron chi connectivity index (χ1n) is 10.8. The second-order valence-electron chi connectivity index (χ2n) is 8.71. The van der Waals surface area contributed by atoms with E-state index in [-0.39, 0.29) is 41.9 Å². The van der Waals surface area contributed by atoms with Gasteiger partial charge in [-0.25, -0.2) is 0 Å². The molecule has 32 heavy (non-hydrogen) atoms. The van der Waals surface area contributed by atoms with Gasteiger partial charge in [0.05, 0.1) is 22.5 Å². The predicted molar refractivity (Wildman–Crippen MR) is 123 cm³/mol. The molecule has 164 valence electrons. The molecule has 2 aromatic carbocycles. The Morgan fingerprint density at radius 3 is 2.16 bits per heavy atom. The molecule has 0 spiro atoms. The van der Waals surface area contributed by atoms with Gasteiger partial charge in [0.25, 0.3) is 0 Å². The first-order valence-corrected chi connectivity index (χ1v) is 11.5. The Kier molecular flexibility index (Phi) is 5.56. The lowest BCUT2D eigenvalue weighted by Crippen LogP contribution is -2.49. The number of hydrogen-bond acceptors (Lipinski definition) is 3. The minimum Gasteiger partial charge on any atom is -0.323 e. The molecule has 0 radical (unpaired) electrons. The fourth-order valence-electron chi connectivity index (χ4n) is 5.35. The van der Waals surface area contributed by atoms with E-state index in [1.165, 1.54) is 11.0 Å². The summed E-state index contributed by atoms with van der Waals surface area (Å²) in [6.45, 7) is 0. The van der Waals surface area contributed by atoms with Crippen LogP contribution in [0.1, 0.15) is 18.4 Å². The van der Waals surface area contributed by atoms with Crippen LogP contribution >= 0.6 is 23.2 Å². The maximum absolute atomic E-state index is 13.5. The van der Waals surface area contributed by atoms with Crippen molar-refractivity contribution in [2.24, 2.45) is 23.7 Å². The number of fused-ring (bicyclic) bond motifs is 1. The van der Waals surface area contributed by atoms with Crippen molar-refractivity contribution in [1.29, 1.82) is 0 Å². The zero-order valence-corrected chi connectivity index (χ0v) is 18.7. The van der Waals surface area contributed by atoms with Gasteiger partial charge < -0.3 is 5.32 Å². The molecule has 1 heterocycles. The summed E-state index contributed by atoms with van der Waals surface area (Å²) in [5.74, 6) is -1.52. The number of imide groups is 1. The van der Waals surface area contributed by atoms with Crippen molar-refractivity contribution in [2.45, 2.75) is 25.3 Å². The molecule has 2 bridgehead atoms. The molecule has 0 aromatic heterocycles. The summed E-state index contributed by atoms with van der Waals surface area (Å²) in [6, 6.07) is 13.2. The minimum absolute atomic E-state index is 0.0672. The Labute approximate surface area is 196 Å². The molecule has 4 aliphatic rings. The number of hydrogen-bond donors (Lipinski definition) is 1. The van der Waals surface area contributed by atoms with E-state index in [0.717, 1.165) is 18.4 Å². The van der Waals surface area contributed by atoms with Crippen LogP contribution in [0.15, 0.2) is 60.7 Å². The molecule has 2 fully saturated rings. The third kappa shape index (κ3) is 3.63. The maximum Gasteiger partial charge on any atom is 0.248 e. The number of nitrogens with zero attached hydrogens (tertiary/aromatic N) is 1. The molecule has 0 unspecified atom stereocenters. The van der Waals surface area contributed by atoms with Gasteiger partial charge in [-0.15, -0.1) is 0 Å². The molecule has 5 atom stereocenters. The van der Waals surface area contributed by atoms with Crippen LogP contribution in [0.5, 0.6) is 0 Å². The number of likely N-dealkylation sites (tertiary alicyclic amines) is 1. The van der Waals surface area contributed by atoms with Crippen LogP contribution in [0.2, 0.25) is 10.0 Å². The molecule has 1 saturated carbocycles. The highest BCUT2D eigenvalue weighted by atomic mass is 35.5. The molecule has 7 heteroatoms. The van der Waals surface area contributed by atoms with Crippen LogP contribution in [-0.2, 0) is 20.8 Å². The summed E-state index contributed by atoms with van der Waals surface area (Å²) in [6.07, 6.45) is 6.20. The minimum atomic E-state index is -0.964. The largest absolute Gasteiger partial charge is 0.323 e. The Morgan fingerprint density at radius 1 is 0.969 bits per heavy atom. The van der Waals surface area contributed by atoms with Gasteiger partial charge in [-0.05, 0) is 48.4 Å². The fourth-order valence-corrected chi connectivity index (χ4v) is 5.81. The van der Waals surface area contributed by atoms with Gasteiger partial charge in [0, 0.05) is 11.4 Å². The number of anilines is 1. The Balaban J connectivity index is 1.48. The van der Waals surface area contributed by atoms with Gasteiger partial charge in [0.15, 0.2) is 0 Å². The van der Waals surface area contributed by atoms with Gasteiger partial charge in [0.2, 0.25) is 17.7 Å². The number of halogens is 2. The van der Waals surface area contributed by atoms with E-state index in [1.54, 1.807) is 12.1 Å². The van der Waals surface area contributed by atoms with Crippen molar-refractivity contribution in [3.05, 3.63) is 76.3 Å². The van der Waals surface area contributed by atoms with Crippen molar-refractivity contribution >= 4 is 46.6 Å². The number of carbonyl (C=O) groups excluding carboxylic acids is 3. The Morgan fingerprint density at radius 2 is 1.59 bits per heavy atom. The molecule has 1 aliphatic heterocycles. The van der Waals surface area contributed by atoms with E-state index in [2.05, 4.69) is 17.5 Å². The number of amides is 3. The van der Waals surface area contributed by atoms with Crippen molar-refractivity contribution in [1.82, 2.24) is 4.90 Å². The standard InChI is InChI=1S/C25H22Cl2N2O3/c26-17-10-11-19(18(27)13-17)28-23(30)20(12-14-4-2-1-3-5-14)29-24(31)21-15-6-7-16(9-8-15)22(21)25(29)32/h1-7,10-11,13,15-16,20-22H,8-9,12H2,(H,28,30)/t15-,16-,20+,21-,22+/m0/s1. The number of nitrogens with one attached hydrogen (secondary N) is 1. The third-order valence-electron chi connectivity index (χ3n) is 6.87. The molecule has 6 rings (SSSR count). The van der Waals surface area contributed by atoms with E-state index in [1.807, 2.05) is 30.3 Å². The van der Waals surface area contributed by atoms with Gasteiger partial charge in [-0.3, -0.25) is 19.3 Å². The zero-order valence-electron chi connectivity index (χ0n) is 17.2. The van der Waals surface area contributed by atoms with Crippen LogP contribution in [0.25, 0.3) is 0 Å². The highest BCUT2D eigenvalue weighted by molar-refractivity contribution is 6.36. The van der Waals surface area contributed by atoms with Gasteiger partial charge in [-0.2, -0.15) is 0 Å². The first kappa shape index (κ1) is 21.2. The average Bonchev–Trinajstić information content (AvgIpc) is 3.08. The van der Waals surface area contributed by atoms with E-state index in [0.29, 0.717) is 15.7 Å². The lowest BCUT2D eigenvalue weighted by Gasteiger charge is -2.38. The molecule has 3 aliphatic carbocycles. The van der Waals surface area contributed by atoms with Crippen LogP contribution in [0.3, 0.4) is 0 Å². The van der Waals surface area contributed by atoms with Crippen molar-refractivity contribution < 1.29 is 14.4 Å². The first-order chi connectivity index (χ1) is 15.4. The maximum atomic E-state index is 13.5. The monoisotopic (exact) mass is 468 g/mol. The molecule has 5 nitrogen and oxygen atoms in total. The predicted octanol–water partition coefficient (Wildman–Crippen LogP) is 4.74. The summed E-state index contributed by atoms with van der Waals surface area (Å²) < 4.78 is 0. The number of allylic oxidation sites excluding steroid dienone is 2. The zero-order chi connectivity index (χ0) is 22.4. The van der Waals surface area contributed by atoms with Crippen LogP contribution < -0.4 is 5.32 Å². The topological polar surface area (TPSA) is 66.5 Å². The molecular formula is C25H22Cl2N2O3. The summed E-state index contributed by atoms with van der Waals surface area (Å²) in [7, 11) is 0. The average molecular weight is 469 g/mol. The van der Waals surface area contributed by atoms with Gasteiger partial charge in [0.1, 0.15) is 6.04 Å². The van der Waals surface area contributed by atoms with E-state index in [9.17, 15) is 14.4 Å². The van der Waals surface area contributed by atoms with Crippen molar-refractivity contribution in [3.8, 4) is 0 Å². The highest BCUT2D eigenvalue weighted by Gasteiger charge is 2.58. The highest BCUT2D eigenvalue weighted by Crippen LogP contribution is 2.50. The third-order valence-corrected chi connectivity index (χ3v) is 7.42. The molecule has 1 saturated heterocycles. The molecule has 2 aromatic rings. The van der Waals surface area contributed by atoms with Crippen LogP contribution in [0, 0.1) is 23.7 Å². The summed E-state index contributed by atoms with van der Waals surface area (Å²) in [5, 5.41) is 3.54. The Bertz CT molecular complexity index is 1090. The summed E-state index contributed by atoms with van der Waals surface area (Å²) >= 11 is 12.2. The van der Waals surface area contributed by atoms with Gasteiger partial charge in [-0.1, -0.05) is 65.7 Å². The second-order valence-corrected chi connectivity index (χ2v) is 9.55. The molecule has 3 amide bonds.